The third-order valence-corrected chi connectivity index (χ3v) is 4.32. The molecule has 0 bridgehead atoms. The maximum Gasteiger partial charge on any atom is 0.254 e. The summed E-state index contributed by atoms with van der Waals surface area (Å²) in [4.78, 5) is 28.0. The number of rotatable bonds is 10. The molecule has 0 radical (unpaired) electrons. The summed E-state index contributed by atoms with van der Waals surface area (Å²) in [5.41, 5.74) is 7.85. The van der Waals surface area contributed by atoms with Crippen molar-refractivity contribution in [2.24, 2.45) is 10.7 Å². The van der Waals surface area contributed by atoms with Gasteiger partial charge in [-0.15, -0.1) is 0 Å². The van der Waals surface area contributed by atoms with Gasteiger partial charge >= 0.3 is 0 Å². The number of hydrogen-bond acceptors (Lipinski definition) is 6. The van der Waals surface area contributed by atoms with E-state index in [2.05, 4.69) is 30.6 Å². The van der Waals surface area contributed by atoms with Gasteiger partial charge in [0.2, 0.25) is 0 Å². The van der Waals surface area contributed by atoms with E-state index in [4.69, 9.17) is 5.73 Å². The summed E-state index contributed by atoms with van der Waals surface area (Å²) < 4.78 is 13.5. The quantitative estimate of drug-likeness (QED) is 0.229. The lowest BCUT2D eigenvalue weighted by Crippen LogP contribution is -2.27. The zero-order valence-electron chi connectivity index (χ0n) is 16.4. The van der Waals surface area contributed by atoms with Crippen molar-refractivity contribution < 1.29 is 9.18 Å². The smallest absolute Gasteiger partial charge is 0.254 e. The van der Waals surface area contributed by atoms with Gasteiger partial charge in [-0.2, -0.15) is 0 Å². The first kappa shape index (κ1) is 21.1. The van der Waals surface area contributed by atoms with Crippen molar-refractivity contribution in [1.29, 1.82) is 0 Å². The van der Waals surface area contributed by atoms with Crippen molar-refractivity contribution >= 4 is 23.2 Å². The summed E-state index contributed by atoms with van der Waals surface area (Å²) in [6.07, 6.45) is 4.82. The maximum absolute atomic E-state index is 13.5. The lowest BCUT2D eigenvalue weighted by atomic mass is 10.2. The number of nitrogens with two attached hydrogens (primary N) is 1. The van der Waals surface area contributed by atoms with E-state index < -0.39 is 11.7 Å². The second-order valence-corrected chi connectivity index (χ2v) is 6.47. The highest BCUT2D eigenvalue weighted by atomic mass is 19.1. The van der Waals surface area contributed by atoms with Gasteiger partial charge in [0, 0.05) is 38.1 Å². The largest absolute Gasteiger partial charge is 0.404 e. The van der Waals surface area contributed by atoms with E-state index in [0.29, 0.717) is 13.1 Å². The average Bonchev–Trinajstić information content (AvgIpc) is 3.18. The summed E-state index contributed by atoms with van der Waals surface area (Å²) >= 11 is 0. The van der Waals surface area contributed by atoms with Gasteiger partial charge in [0.15, 0.2) is 0 Å². The van der Waals surface area contributed by atoms with E-state index in [-0.39, 0.29) is 17.8 Å². The molecule has 3 aromatic rings. The molecular formula is C21H24FN7O. The van der Waals surface area contributed by atoms with Crippen LogP contribution in [0.1, 0.15) is 11.5 Å². The summed E-state index contributed by atoms with van der Waals surface area (Å²) in [5.74, 6) is 0.0178. The van der Waals surface area contributed by atoms with Gasteiger partial charge in [-0.1, -0.05) is 12.1 Å². The van der Waals surface area contributed by atoms with E-state index >= 15 is 0 Å². The molecule has 0 aliphatic heterocycles. The number of nitrogens with zero attached hydrogens (tertiary/aromatic N) is 3. The fourth-order valence-corrected chi connectivity index (χ4v) is 2.75. The van der Waals surface area contributed by atoms with Crippen LogP contribution in [0.15, 0.2) is 59.4 Å². The van der Waals surface area contributed by atoms with Crippen LogP contribution in [0.3, 0.4) is 0 Å². The monoisotopic (exact) mass is 409 g/mol. The van der Waals surface area contributed by atoms with Gasteiger partial charge in [0.05, 0.1) is 35.4 Å². The second kappa shape index (κ2) is 10.8. The minimum absolute atomic E-state index is 0.0277. The predicted molar refractivity (Wildman–Crippen MR) is 114 cm³/mol. The minimum atomic E-state index is -0.474. The van der Waals surface area contributed by atoms with Crippen LogP contribution in [0.4, 0.5) is 4.39 Å². The molecule has 1 amide bonds. The molecule has 0 saturated heterocycles. The van der Waals surface area contributed by atoms with Crippen LogP contribution >= 0.6 is 0 Å². The lowest BCUT2D eigenvalue weighted by Gasteiger charge is -2.05. The van der Waals surface area contributed by atoms with Gasteiger partial charge < -0.3 is 21.4 Å². The number of H-pyrrole nitrogens is 1. The van der Waals surface area contributed by atoms with E-state index in [9.17, 15) is 9.18 Å². The number of aliphatic imine (C=N–C) groups is 1. The summed E-state index contributed by atoms with van der Waals surface area (Å²) in [6, 6.07) is 10.7. The second-order valence-electron chi connectivity index (χ2n) is 6.47. The number of benzene rings is 1. The average molecular weight is 409 g/mol. The number of carbonyl (C=O) groups excluding carboxylic acids is 1. The molecule has 1 aromatic carbocycles. The first-order valence-corrected chi connectivity index (χ1v) is 9.61. The topological polar surface area (TPSA) is 121 Å². The van der Waals surface area contributed by atoms with E-state index in [1.54, 1.807) is 0 Å². The number of pyridine rings is 1. The molecule has 3 rings (SSSR count). The van der Waals surface area contributed by atoms with Gasteiger partial charge in [-0.25, -0.2) is 9.37 Å². The normalized spacial score (nSPS) is 12.0. The fourth-order valence-electron chi connectivity index (χ4n) is 2.75. The van der Waals surface area contributed by atoms with Crippen molar-refractivity contribution in [2.75, 3.05) is 19.6 Å². The number of aromatic nitrogens is 3. The molecule has 8 nitrogen and oxygen atoms in total. The zero-order valence-corrected chi connectivity index (χ0v) is 16.4. The van der Waals surface area contributed by atoms with E-state index in [1.165, 1.54) is 30.7 Å². The number of nitrogens with one attached hydrogen (secondary N) is 3. The van der Waals surface area contributed by atoms with Gasteiger partial charge in [0.25, 0.3) is 5.91 Å². The highest BCUT2D eigenvalue weighted by Gasteiger charge is 2.09. The van der Waals surface area contributed by atoms with E-state index in [1.807, 2.05) is 24.3 Å². The molecule has 0 aliphatic rings. The molecule has 9 heteroatoms. The number of aromatic amines is 1. The van der Waals surface area contributed by atoms with Gasteiger partial charge in [-0.05, 0) is 24.3 Å². The van der Waals surface area contributed by atoms with Crippen molar-refractivity contribution in [3.63, 3.8) is 0 Å². The molecule has 0 saturated carbocycles. The van der Waals surface area contributed by atoms with Crippen molar-refractivity contribution in [3.8, 4) is 0 Å². The molecule has 156 valence electrons. The number of amides is 1. The first-order chi connectivity index (χ1) is 14.7. The fraction of sp³-hybridized carbons (Fsp3) is 0.238. The highest BCUT2D eigenvalue weighted by Crippen LogP contribution is 2.10. The van der Waals surface area contributed by atoms with Crippen LogP contribution in [0.25, 0.3) is 11.0 Å². The third kappa shape index (κ3) is 5.95. The SMILES string of the molecule is NC=C(C=NCCNCCc1nc2ccccc2[nH]1)C(=O)NCc1ncccc1F. The number of hydrogen-bond donors (Lipinski definition) is 4. The van der Waals surface area contributed by atoms with Crippen molar-refractivity contribution in [2.45, 2.75) is 13.0 Å². The van der Waals surface area contributed by atoms with Gasteiger partial charge in [-0.3, -0.25) is 14.8 Å². The first-order valence-electron chi connectivity index (χ1n) is 9.61. The van der Waals surface area contributed by atoms with Crippen LogP contribution in [0.5, 0.6) is 0 Å². The Morgan fingerprint density at radius 3 is 2.90 bits per heavy atom. The van der Waals surface area contributed by atoms with Crippen LogP contribution in [0.2, 0.25) is 0 Å². The number of halogens is 1. The Bertz CT molecular complexity index is 1010. The van der Waals surface area contributed by atoms with Crippen LogP contribution in [-0.2, 0) is 17.8 Å². The molecule has 30 heavy (non-hydrogen) atoms. The molecule has 2 heterocycles. The number of carbonyl (C=O) groups is 1. The lowest BCUT2D eigenvalue weighted by molar-refractivity contribution is -0.117. The summed E-state index contributed by atoms with van der Waals surface area (Å²) in [6.45, 7) is 1.86. The molecule has 2 aromatic heterocycles. The number of fused-ring (bicyclic) bond motifs is 1. The summed E-state index contributed by atoms with van der Waals surface area (Å²) in [5, 5.41) is 5.85. The van der Waals surface area contributed by atoms with Crippen LogP contribution in [0, 0.1) is 5.82 Å². The van der Waals surface area contributed by atoms with Crippen molar-refractivity contribution in [3.05, 3.63) is 71.7 Å². The number of imidazole rings is 1. The predicted octanol–water partition coefficient (Wildman–Crippen LogP) is 1.46. The Balaban J connectivity index is 1.35. The molecule has 0 spiro atoms. The Labute approximate surface area is 173 Å². The standard InChI is InChI=1S/C21H24FN7O/c22-16-4-3-8-26-19(16)14-27-21(30)15(12-23)13-25-11-10-24-9-7-20-28-17-5-1-2-6-18(17)29-20/h1-6,8,12-13,24H,7,9-11,14,23H2,(H,27,30)(H,28,29). The van der Waals surface area contributed by atoms with Gasteiger partial charge in [0.1, 0.15) is 11.6 Å². The molecular weight excluding hydrogens is 385 g/mol. The van der Waals surface area contributed by atoms with Crippen LogP contribution in [-0.4, -0.2) is 46.7 Å². The number of para-hydroxylation sites is 2. The molecule has 0 fully saturated rings. The Kier molecular flexibility index (Phi) is 7.62. The van der Waals surface area contributed by atoms with Crippen LogP contribution < -0.4 is 16.4 Å². The summed E-state index contributed by atoms with van der Waals surface area (Å²) in [7, 11) is 0. The highest BCUT2D eigenvalue weighted by molar-refractivity contribution is 6.11. The molecule has 0 aliphatic carbocycles. The Hall–Kier alpha value is -3.59. The minimum Gasteiger partial charge on any atom is -0.404 e. The Morgan fingerprint density at radius 2 is 2.10 bits per heavy atom. The molecule has 0 atom stereocenters. The zero-order chi connectivity index (χ0) is 21.2. The van der Waals surface area contributed by atoms with E-state index in [0.717, 1.165) is 29.8 Å². The van der Waals surface area contributed by atoms with Crippen molar-refractivity contribution in [1.82, 2.24) is 25.6 Å². The maximum atomic E-state index is 13.5. The Morgan fingerprint density at radius 1 is 1.23 bits per heavy atom. The third-order valence-electron chi connectivity index (χ3n) is 4.32. The molecule has 5 N–H and O–H groups in total. The molecule has 0 unspecified atom stereocenters.